The van der Waals surface area contributed by atoms with Gasteiger partial charge in [0.25, 0.3) is 0 Å². The highest BCUT2D eigenvalue weighted by atomic mass is 15.0. The maximum atomic E-state index is 5.25. The topological polar surface area (TPSA) is 30.7 Å². The summed E-state index contributed by atoms with van der Waals surface area (Å²) in [4.78, 5) is 10.4. The van der Waals surface area contributed by atoms with Crippen LogP contribution in [0, 0.1) is 0 Å². The van der Waals surface area contributed by atoms with Crippen molar-refractivity contribution in [1.29, 1.82) is 0 Å². The quantitative estimate of drug-likeness (QED) is 0.166. The Morgan fingerprint density at radius 1 is 0.273 bits per heavy atom. The maximum Gasteiger partial charge on any atom is 0.160 e. The zero-order valence-corrected chi connectivity index (χ0v) is 30.0. The van der Waals surface area contributed by atoms with Gasteiger partial charge < -0.3 is 4.57 Å². The summed E-state index contributed by atoms with van der Waals surface area (Å²) in [6.07, 6.45) is 0. The van der Waals surface area contributed by atoms with E-state index < -0.39 is 0 Å². The summed E-state index contributed by atoms with van der Waals surface area (Å²) in [5.74, 6) is 0.691. The smallest absolute Gasteiger partial charge is 0.160 e. The van der Waals surface area contributed by atoms with Gasteiger partial charge in [-0.05, 0) is 81.9 Å². The third-order valence-electron chi connectivity index (χ3n) is 10.4. The van der Waals surface area contributed by atoms with E-state index in [1.807, 2.05) is 6.07 Å². The molecule has 0 aliphatic carbocycles. The molecule has 3 heteroatoms. The minimum absolute atomic E-state index is 0.691. The summed E-state index contributed by atoms with van der Waals surface area (Å²) in [5.41, 5.74) is 15.3. The van der Waals surface area contributed by atoms with E-state index in [4.69, 9.17) is 9.97 Å². The Labute approximate surface area is 320 Å². The molecular formula is C52H35N3. The van der Waals surface area contributed by atoms with Crippen molar-refractivity contribution >= 4 is 21.8 Å². The first-order valence-electron chi connectivity index (χ1n) is 18.7. The number of nitrogens with zero attached hydrogens (tertiary/aromatic N) is 3. The fourth-order valence-electron chi connectivity index (χ4n) is 7.67. The average molecular weight is 702 g/mol. The van der Waals surface area contributed by atoms with Gasteiger partial charge in [-0.1, -0.05) is 164 Å². The van der Waals surface area contributed by atoms with Crippen molar-refractivity contribution in [3.05, 3.63) is 212 Å². The Kier molecular flexibility index (Phi) is 8.16. The van der Waals surface area contributed by atoms with E-state index in [9.17, 15) is 0 Å². The molecule has 0 aliphatic heterocycles. The molecule has 3 nitrogen and oxygen atoms in total. The number of fused-ring (bicyclic) bond motifs is 3. The first kappa shape index (κ1) is 32.3. The predicted octanol–water partition coefficient (Wildman–Crippen LogP) is 13.6. The van der Waals surface area contributed by atoms with Crippen molar-refractivity contribution in [2.45, 2.75) is 0 Å². The van der Waals surface area contributed by atoms with Gasteiger partial charge in [-0.3, -0.25) is 0 Å². The van der Waals surface area contributed by atoms with E-state index in [0.29, 0.717) is 5.82 Å². The Balaban J connectivity index is 1.04. The van der Waals surface area contributed by atoms with Gasteiger partial charge in [0.1, 0.15) is 0 Å². The lowest BCUT2D eigenvalue weighted by Gasteiger charge is -2.13. The van der Waals surface area contributed by atoms with Crippen molar-refractivity contribution in [3.63, 3.8) is 0 Å². The van der Waals surface area contributed by atoms with Gasteiger partial charge in [0.2, 0.25) is 0 Å². The minimum Gasteiger partial charge on any atom is -0.309 e. The largest absolute Gasteiger partial charge is 0.309 e. The molecular weight excluding hydrogens is 667 g/mol. The SMILES string of the molecule is c1ccc(-c2cc(-c3ccccc3)cc(-c3cc(-c4ccccc4)nc(-c4ccc(-c5ccc(-n6c7ccccc7c7ccccc76)cc5)cc4)n3)c2)cc1. The standard InChI is InChI=1S/C52H35N3/c1-4-14-36(15-5-1)42-32-43(37-16-6-2-7-17-37)34-44(33-42)49-35-48(40-18-8-3-9-19-40)53-52(54-49)41-26-24-38(25-27-41)39-28-30-45(31-29-39)55-50-22-12-10-20-46(50)47-21-11-13-23-51(47)55/h1-35H. The first-order chi connectivity index (χ1) is 27.2. The van der Waals surface area contributed by atoms with Crippen molar-refractivity contribution in [2.24, 2.45) is 0 Å². The molecule has 258 valence electrons. The molecule has 0 saturated carbocycles. The van der Waals surface area contributed by atoms with Gasteiger partial charge >= 0.3 is 0 Å². The maximum absolute atomic E-state index is 5.25. The molecule has 0 bridgehead atoms. The molecule has 0 fully saturated rings. The highest BCUT2D eigenvalue weighted by molar-refractivity contribution is 6.09. The molecule has 0 amide bonds. The molecule has 0 aliphatic rings. The van der Waals surface area contributed by atoms with E-state index in [1.54, 1.807) is 0 Å². The summed E-state index contributed by atoms with van der Waals surface area (Å²) in [6, 6.07) is 75.1. The molecule has 2 aromatic heterocycles. The van der Waals surface area contributed by atoms with Crippen LogP contribution in [0.25, 0.3) is 94.8 Å². The Morgan fingerprint density at radius 2 is 0.655 bits per heavy atom. The van der Waals surface area contributed by atoms with Crippen LogP contribution >= 0.6 is 0 Å². The van der Waals surface area contributed by atoms with Crippen LogP contribution in [0.1, 0.15) is 0 Å². The summed E-state index contributed by atoms with van der Waals surface area (Å²) >= 11 is 0. The highest BCUT2D eigenvalue weighted by Gasteiger charge is 2.15. The second-order valence-corrected chi connectivity index (χ2v) is 13.9. The van der Waals surface area contributed by atoms with Gasteiger partial charge in [-0.15, -0.1) is 0 Å². The molecule has 10 rings (SSSR count). The molecule has 10 aromatic rings. The second kappa shape index (κ2) is 13.9. The summed E-state index contributed by atoms with van der Waals surface area (Å²) in [5, 5.41) is 2.53. The summed E-state index contributed by atoms with van der Waals surface area (Å²) in [7, 11) is 0. The zero-order chi connectivity index (χ0) is 36.6. The van der Waals surface area contributed by atoms with Gasteiger partial charge in [-0.2, -0.15) is 0 Å². The lowest BCUT2D eigenvalue weighted by atomic mass is 9.94. The van der Waals surface area contributed by atoms with Crippen molar-refractivity contribution in [3.8, 4) is 73.0 Å². The average Bonchev–Trinajstić information content (AvgIpc) is 3.61. The van der Waals surface area contributed by atoms with E-state index in [0.717, 1.165) is 67.1 Å². The van der Waals surface area contributed by atoms with Gasteiger partial charge in [0.05, 0.1) is 22.4 Å². The van der Waals surface area contributed by atoms with Crippen LogP contribution in [0.2, 0.25) is 0 Å². The van der Waals surface area contributed by atoms with E-state index in [1.165, 1.54) is 21.8 Å². The zero-order valence-electron chi connectivity index (χ0n) is 30.0. The molecule has 0 spiro atoms. The minimum atomic E-state index is 0.691. The van der Waals surface area contributed by atoms with Crippen LogP contribution in [0.5, 0.6) is 0 Å². The van der Waals surface area contributed by atoms with Crippen LogP contribution < -0.4 is 0 Å². The third kappa shape index (κ3) is 6.18. The van der Waals surface area contributed by atoms with Crippen molar-refractivity contribution < 1.29 is 0 Å². The van der Waals surface area contributed by atoms with Crippen LogP contribution in [0.4, 0.5) is 0 Å². The van der Waals surface area contributed by atoms with Gasteiger partial charge in [-0.25, -0.2) is 9.97 Å². The Morgan fingerprint density at radius 3 is 1.18 bits per heavy atom. The molecule has 55 heavy (non-hydrogen) atoms. The number of aromatic nitrogens is 3. The molecule has 0 N–H and O–H groups in total. The van der Waals surface area contributed by atoms with E-state index in [2.05, 4.69) is 211 Å². The highest BCUT2D eigenvalue weighted by Crippen LogP contribution is 2.36. The molecule has 8 aromatic carbocycles. The lowest BCUT2D eigenvalue weighted by molar-refractivity contribution is 1.18. The Bertz CT molecular complexity index is 2820. The normalized spacial score (nSPS) is 11.3. The van der Waals surface area contributed by atoms with Crippen LogP contribution in [-0.4, -0.2) is 14.5 Å². The fourth-order valence-corrected chi connectivity index (χ4v) is 7.67. The van der Waals surface area contributed by atoms with Crippen LogP contribution in [0.3, 0.4) is 0 Å². The Hall–Kier alpha value is -7.36. The number of para-hydroxylation sites is 2. The van der Waals surface area contributed by atoms with E-state index in [-0.39, 0.29) is 0 Å². The monoisotopic (exact) mass is 701 g/mol. The predicted molar refractivity (Wildman–Crippen MR) is 229 cm³/mol. The van der Waals surface area contributed by atoms with Crippen LogP contribution in [-0.2, 0) is 0 Å². The molecule has 0 saturated heterocycles. The summed E-state index contributed by atoms with van der Waals surface area (Å²) < 4.78 is 2.35. The number of benzene rings is 8. The first-order valence-corrected chi connectivity index (χ1v) is 18.7. The van der Waals surface area contributed by atoms with Gasteiger partial charge in [0.15, 0.2) is 5.82 Å². The summed E-state index contributed by atoms with van der Waals surface area (Å²) in [6.45, 7) is 0. The fraction of sp³-hybridized carbons (Fsp3) is 0. The molecule has 0 unspecified atom stereocenters. The van der Waals surface area contributed by atoms with Crippen molar-refractivity contribution in [2.75, 3.05) is 0 Å². The molecule has 0 radical (unpaired) electrons. The third-order valence-corrected chi connectivity index (χ3v) is 10.4. The van der Waals surface area contributed by atoms with Gasteiger partial charge in [0, 0.05) is 33.2 Å². The molecule has 2 heterocycles. The lowest BCUT2D eigenvalue weighted by Crippen LogP contribution is -1.97. The molecule has 0 atom stereocenters. The van der Waals surface area contributed by atoms with Crippen LogP contribution in [0.15, 0.2) is 212 Å². The number of rotatable bonds is 7. The number of hydrogen-bond acceptors (Lipinski definition) is 2. The number of hydrogen-bond donors (Lipinski definition) is 0. The van der Waals surface area contributed by atoms with E-state index >= 15 is 0 Å². The van der Waals surface area contributed by atoms with Crippen molar-refractivity contribution in [1.82, 2.24) is 14.5 Å². The second-order valence-electron chi connectivity index (χ2n) is 13.9.